The monoisotopic (exact) mass is 309 g/mol. The highest BCUT2D eigenvalue weighted by atomic mass is 16.2. The third-order valence-electron chi connectivity index (χ3n) is 3.91. The number of allylic oxidation sites excluding steroid dienone is 2. The molecule has 3 rings (SSSR count). The predicted octanol–water partition coefficient (Wildman–Crippen LogP) is 2.59. The number of carbonyl (C=O) groups excluding carboxylic acids is 1. The normalized spacial score (nSPS) is 16.4. The highest BCUT2D eigenvalue weighted by Gasteiger charge is 2.14. The minimum absolute atomic E-state index is 0.0252. The van der Waals surface area contributed by atoms with Gasteiger partial charge in [0.25, 0.3) is 0 Å². The zero-order valence-corrected chi connectivity index (χ0v) is 12.8. The lowest BCUT2D eigenvalue weighted by molar-refractivity contribution is -0.116. The first-order valence-electron chi connectivity index (χ1n) is 7.77. The second kappa shape index (κ2) is 7.05. The maximum atomic E-state index is 12.1. The number of hydrogen-bond donors (Lipinski definition) is 1. The van der Waals surface area contributed by atoms with Gasteiger partial charge in [0.15, 0.2) is 0 Å². The van der Waals surface area contributed by atoms with Gasteiger partial charge in [0.2, 0.25) is 5.91 Å². The molecule has 0 aliphatic heterocycles. The van der Waals surface area contributed by atoms with Gasteiger partial charge >= 0.3 is 5.69 Å². The Balaban J connectivity index is 1.65. The number of nitrogens with zero attached hydrogens (tertiary/aromatic N) is 2. The van der Waals surface area contributed by atoms with Crippen LogP contribution in [0.1, 0.15) is 24.8 Å². The molecular formula is C18H19N3O2. The number of hydrogen-bond acceptors (Lipinski definition) is 3. The smallest absolute Gasteiger partial charge is 0.326 e. The Morgan fingerprint density at radius 2 is 2.26 bits per heavy atom. The van der Waals surface area contributed by atoms with Crippen LogP contribution in [0.25, 0.3) is 0 Å². The van der Waals surface area contributed by atoms with E-state index < -0.39 is 0 Å². The van der Waals surface area contributed by atoms with Crippen molar-refractivity contribution in [2.45, 2.75) is 25.8 Å². The third kappa shape index (κ3) is 4.16. The number of aromatic nitrogens is 2. The van der Waals surface area contributed by atoms with E-state index in [0.29, 0.717) is 18.9 Å². The molecule has 1 aliphatic carbocycles. The third-order valence-corrected chi connectivity index (χ3v) is 3.91. The second-order valence-electron chi connectivity index (χ2n) is 5.75. The van der Waals surface area contributed by atoms with Gasteiger partial charge in [-0.15, -0.1) is 0 Å². The fourth-order valence-electron chi connectivity index (χ4n) is 2.77. The predicted molar refractivity (Wildman–Crippen MR) is 89.2 cm³/mol. The molecule has 1 aromatic heterocycles. The minimum atomic E-state index is -0.282. The average molecular weight is 309 g/mol. The zero-order valence-electron chi connectivity index (χ0n) is 12.8. The molecule has 1 aliphatic rings. The summed E-state index contributed by atoms with van der Waals surface area (Å²) in [6, 6.07) is 9.28. The van der Waals surface area contributed by atoms with Gasteiger partial charge < -0.3 is 5.32 Å². The Labute approximate surface area is 134 Å². The van der Waals surface area contributed by atoms with Crippen molar-refractivity contribution in [2.75, 3.05) is 5.32 Å². The van der Waals surface area contributed by atoms with Gasteiger partial charge in [-0.2, -0.15) is 0 Å². The maximum Gasteiger partial charge on any atom is 0.347 e. The molecular weight excluding hydrogens is 290 g/mol. The van der Waals surface area contributed by atoms with Crippen molar-refractivity contribution in [3.8, 4) is 0 Å². The summed E-state index contributed by atoms with van der Waals surface area (Å²) in [7, 11) is 0. The minimum Gasteiger partial charge on any atom is -0.326 e. The lowest BCUT2D eigenvalue weighted by Crippen LogP contribution is -2.22. The summed E-state index contributed by atoms with van der Waals surface area (Å²) in [6.07, 6.45) is 10.1. The van der Waals surface area contributed by atoms with E-state index in [-0.39, 0.29) is 11.6 Å². The van der Waals surface area contributed by atoms with Gasteiger partial charge in [-0.1, -0.05) is 24.3 Å². The number of benzene rings is 1. The van der Waals surface area contributed by atoms with E-state index in [1.807, 2.05) is 24.3 Å². The van der Waals surface area contributed by atoms with E-state index in [2.05, 4.69) is 22.5 Å². The largest absolute Gasteiger partial charge is 0.347 e. The summed E-state index contributed by atoms with van der Waals surface area (Å²) >= 11 is 0. The molecule has 23 heavy (non-hydrogen) atoms. The number of nitrogens with one attached hydrogen (secondary N) is 1. The lowest BCUT2D eigenvalue weighted by atomic mass is 10.0. The van der Waals surface area contributed by atoms with Crippen molar-refractivity contribution in [1.29, 1.82) is 0 Å². The molecule has 5 heteroatoms. The van der Waals surface area contributed by atoms with Gasteiger partial charge in [0.05, 0.1) is 6.54 Å². The first-order chi connectivity index (χ1) is 11.2. The standard InChI is InChI=1S/C18H19N3O2/c22-17(12-14-5-1-2-6-14)20-16-8-3-7-15(11-16)13-21-10-4-9-19-18(21)23/h1,3-5,7-11,14H,2,6,12-13H2,(H,20,22)/t14-/m0/s1. The molecule has 0 spiro atoms. The van der Waals surface area contributed by atoms with Gasteiger partial charge in [-0.05, 0) is 42.5 Å². The van der Waals surface area contributed by atoms with Crippen molar-refractivity contribution in [3.63, 3.8) is 0 Å². The van der Waals surface area contributed by atoms with E-state index in [9.17, 15) is 9.59 Å². The summed E-state index contributed by atoms with van der Waals surface area (Å²) in [6.45, 7) is 0.432. The van der Waals surface area contributed by atoms with Crippen molar-refractivity contribution in [1.82, 2.24) is 9.55 Å². The van der Waals surface area contributed by atoms with Gasteiger partial charge in [0.1, 0.15) is 0 Å². The fraction of sp³-hybridized carbons (Fsp3) is 0.278. The molecule has 118 valence electrons. The van der Waals surface area contributed by atoms with E-state index in [1.165, 1.54) is 10.8 Å². The molecule has 1 heterocycles. The molecule has 0 saturated carbocycles. The Morgan fingerprint density at radius 3 is 3.04 bits per heavy atom. The quantitative estimate of drug-likeness (QED) is 0.863. The van der Waals surface area contributed by atoms with Gasteiger partial charge in [-0.25, -0.2) is 9.78 Å². The second-order valence-corrected chi connectivity index (χ2v) is 5.75. The summed E-state index contributed by atoms with van der Waals surface area (Å²) in [4.78, 5) is 27.5. The van der Waals surface area contributed by atoms with E-state index in [4.69, 9.17) is 0 Å². The van der Waals surface area contributed by atoms with Crippen LogP contribution in [0.15, 0.2) is 59.7 Å². The number of amides is 1. The fourth-order valence-corrected chi connectivity index (χ4v) is 2.77. The van der Waals surface area contributed by atoms with Crippen LogP contribution in [0.4, 0.5) is 5.69 Å². The molecule has 1 N–H and O–H groups in total. The number of anilines is 1. The van der Waals surface area contributed by atoms with Crippen LogP contribution < -0.4 is 11.0 Å². The molecule has 1 aromatic carbocycles. The molecule has 2 aromatic rings. The van der Waals surface area contributed by atoms with Gasteiger partial charge in [-0.3, -0.25) is 9.36 Å². The summed E-state index contributed by atoms with van der Waals surface area (Å²) < 4.78 is 1.53. The Bertz CT molecular complexity index is 780. The molecule has 0 unspecified atom stereocenters. The van der Waals surface area contributed by atoms with Crippen molar-refractivity contribution in [2.24, 2.45) is 5.92 Å². The summed E-state index contributed by atoms with van der Waals surface area (Å²) in [5, 5.41) is 2.93. The van der Waals surface area contributed by atoms with Crippen LogP contribution in [0.5, 0.6) is 0 Å². The van der Waals surface area contributed by atoms with Crippen molar-refractivity contribution >= 4 is 11.6 Å². The zero-order chi connectivity index (χ0) is 16.1. The molecule has 5 nitrogen and oxygen atoms in total. The highest BCUT2D eigenvalue weighted by molar-refractivity contribution is 5.91. The number of carbonyl (C=O) groups is 1. The van der Waals surface area contributed by atoms with E-state index in [0.717, 1.165) is 24.1 Å². The molecule has 0 fully saturated rings. The first-order valence-corrected chi connectivity index (χ1v) is 7.77. The molecule has 1 atom stereocenters. The first kappa shape index (κ1) is 15.2. The Morgan fingerprint density at radius 1 is 1.35 bits per heavy atom. The molecule has 0 bridgehead atoms. The van der Waals surface area contributed by atoms with Crippen molar-refractivity contribution in [3.05, 3.63) is 70.9 Å². The highest BCUT2D eigenvalue weighted by Crippen LogP contribution is 2.21. The number of rotatable bonds is 5. The lowest BCUT2D eigenvalue weighted by Gasteiger charge is -2.10. The van der Waals surface area contributed by atoms with Crippen LogP contribution in [0.3, 0.4) is 0 Å². The van der Waals surface area contributed by atoms with Crippen LogP contribution in [0.2, 0.25) is 0 Å². The molecule has 1 amide bonds. The topological polar surface area (TPSA) is 64.0 Å². The van der Waals surface area contributed by atoms with E-state index >= 15 is 0 Å². The van der Waals surface area contributed by atoms with E-state index in [1.54, 1.807) is 12.3 Å². The summed E-state index contributed by atoms with van der Waals surface area (Å²) in [5.74, 6) is 0.379. The van der Waals surface area contributed by atoms with Crippen LogP contribution >= 0.6 is 0 Å². The van der Waals surface area contributed by atoms with Crippen LogP contribution in [-0.4, -0.2) is 15.5 Å². The SMILES string of the molecule is O=C(C[C@H]1C=CCC1)Nc1cccc(Cn2cccnc2=O)c1. The molecule has 0 saturated heterocycles. The summed E-state index contributed by atoms with van der Waals surface area (Å²) in [5.41, 5.74) is 1.42. The Kier molecular flexibility index (Phi) is 4.66. The van der Waals surface area contributed by atoms with Crippen molar-refractivity contribution < 1.29 is 4.79 Å². The molecule has 0 radical (unpaired) electrons. The Hall–Kier alpha value is -2.69. The maximum absolute atomic E-state index is 12.1. The van der Waals surface area contributed by atoms with Crippen LogP contribution in [0, 0.1) is 5.92 Å². The van der Waals surface area contributed by atoms with Crippen LogP contribution in [-0.2, 0) is 11.3 Å². The van der Waals surface area contributed by atoms with Gasteiger partial charge in [0, 0.05) is 24.5 Å². The average Bonchev–Trinajstić information content (AvgIpc) is 3.03.